The topological polar surface area (TPSA) is 105 Å². The van der Waals surface area contributed by atoms with E-state index in [1.54, 1.807) is 0 Å². The summed E-state index contributed by atoms with van der Waals surface area (Å²) < 4.78 is 5.56. The lowest BCUT2D eigenvalue weighted by Crippen LogP contribution is -2.64. The zero-order valence-corrected chi connectivity index (χ0v) is 17.7. The molecular weight excluding hydrogens is 408 g/mol. The number of alkyl carbamates (subject to hydrolysis) is 1. The summed E-state index contributed by atoms with van der Waals surface area (Å²) in [5.74, 6) is -1.73. The molecule has 2 aliphatic carbocycles. The van der Waals surface area contributed by atoms with Crippen LogP contribution in [0.3, 0.4) is 0 Å². The van der Waals surface area contributed by atoms with E-state index in [1.165, 1.54) is 6.08 Å². The smallest absolute Gasteiger partial charge is 0.408 e. The third-order valence-corrected chi connectivity index (χ3v) is 6.33. The molecule has 0 heterocycles. The molecule has 0 radical (unpaired) electrons. The fraction of sp³-hybridized carbons (Fsp3) is 0.320. The molecule has 0 saturated heterocycles. The van der Waals surface area contributed by atoms with Gasteiger partial charge in [-0.05, 0) is 47.9 Å². The third-order valence-electron chi connectivity index (χ3n) is 6.33. The van der Waals surface area contributed by atoms with Crippen molar-refractivity contribution in [2.24, 2.45) is 0 Å². The highest BCUT2D eigenvalue weighted by Gasteiger charge is 2.47. The number of fused-ring (bicyclic) bond motifs is 3. The molecule has 0 aliphatic heterocycles. The molecule has 1 atom stereocenters. The lowest BCUT2D eigenvalue weighted by Gasteiger charge is -2.40. The first-order chi connectivity index (χ1) is 15.4. The zero-order valence-electron chi connectivity index (χ0n) is 17.7. The Labute approximate surface area is 186 Å². The van der Waals surface area contributed by atoms with Crippen LogP contribution in [0.1, 0.15) is 42.7 Å². The quantitative estimate of drug-likeness (QED) is 0.551. The molecule has 7 heteroatoms. The minimum Gasteiger partial charge on any atom is -0.480 e. The second kappa shape index (κ2) is 8.86. The van der Waals surface area contributed by atoms with Crippen molar-refractivity contribution in [3.05, 3.63) is 72.3 Å². The Bertz CT molecular complexity index is 1010. The average Bonchev–Trinajstić information content (AvgIpc) is 3.08. The highest BCUT2D eigenvalue weighted by molar-refractivity contribution is 5.93. The molecule has 2 amide bonds. The molecule has 0 spiro atoms. The number of carbonyl (C=O) groups is 3. The molecule has 0 aromatic heterocycles. The van der Waals surface area contributed by atoms with Gasteiger partial charge in [0, 0.05) is 5.92 Å². The number of carbonyl (C=O) groups excluding carboxylic acids is 2. The van der Waals surface area contributed by atoms with E-state index >= 15 is 0 Å². The number of nitrogens with one attached hydrogen (secondary N) is 2. The van der Waals surface area contributed by atoms with Crippen LogP contribution in [-0.2, 0) is 14.3 Å². The SMILES string of the molecule is C=CCC(NC(=O)C1(NC(=O)OCC2c3ccccc3-c3ccccc32)CCC1)C(=O)O. The van der Waals surface area contributed by atoms with E-state index in [0.717, 1.165) is 28.7 Å². The van der Waals surface area contributed by atoms with Crippen LogP contribution >= 0.6 is 0 Å². The molecule has 2 aromatic rings. The van der Waals surface area contributed by atoms with E-state index in [2.05, 4.69) is 29.3 Å². The third kappa shape index (κ3) is 3.98. The maximum absolute atomic E-state index is 12.8. The summed E-state index contributed by atoms with van der Waals surface area (Å²) in [7, 11) is 0. The largest absolute Gasteiger partial charge is 0.480 e. The first-order valence-electron chi connectivity index (χ1n) is 10.7. The highest BCUT2D eigenvalue weighted by atomic mass is 16.5. The van der Waals surface area contributed by atoms with Crippen molar-refractivity contribution < 1.29 is 24.2 Å². The summed E-state index contributed by atoms with van der Waals surface area (Å²) in [5, 5.41) is 14.5. The molecular formula is C25H26N2O5. The van der Waals surface area contributed by atoms with Gasteiger partial charge in [-0.3, -0.25) is 4.79 Å². The summed E-state index contributed by atoms with van der Waals surface area (Å²) in [4.78, 5) is 36.8. The van der Waals surface area contributed by atoms with Crippen molar-refractivity contribution in [2.45, 2.75) is 43.2 Å². The van der Waals surface area contributed by atoms with Gasteiger partial charge in [0.25, 0.3) is 0 Å². The van der Waals surface area contributed by atoms with Crippen LogP contribution in [0.15, 0.2) is 61.2 Å². The normalized spacial score (nSPS) is 16.6. The number of benzene rings is 2. The number of aliphatic carboxylic acids is 1. The lowest BCUT2D eigenvalue weighted by molar-refractivity contribution is -0.143. The van der Waals surface area contributed by atoms with E-state index in [0.29, 0.717) is 12.8 Å². The fourth-order valence-corrected chi connectivity index (χ4v) is 4.45. The number of hydrogen-bond donors (Lipinski definition) is 3. The summed E-state index contributed by atoms with van der Waals surface area (Å²) in [5.41, 5.74) is 3.33. The van der Waals surface area contributed by atoms with E-state index in [1.807, 2.05) is 36.4 Å². The first kappa shape index (κ1) is 21.6. The Morgan fingerprint density at radius 3 is 2.19 bits per heavy atom. The van der Waals surface area contributed by atoms with Crippen LogP contribution in [0.4, 0.5) is 4.79 Å². The minimum absolute atomic E-state index is 0.0803. The van der Waals surface area contributed by atoms with Crippen LogP contribution in [-0.4, -0.2) is 41.3 Å². The van der Waals surface area contributed by atoms with Gasteiger partial charge >= 0.3 is 12.1 Å². The molecule has 0 bridgehead atoms. The van der Waals surface area contributed by atoms with Crippen molar-refractivity contribution in [2.75, 3.05) is 6.61 Å². The van der Waals surface area contributed by atoms with Crippen molar-refractivity contribution in [3.8, 4) is 11.1 Å². The van der Waals surface area contributed by atoms with Gasteiger partial charge in [0.1, 0.15) is 18.2 Å². The van der Waals surface area contributed by atoms with Gasteiger partial charge in [-0.1, -0.05) is 54.6 Å². The predicted octanol–water partition coefficient (Wildman–Crippen LogP) is 3.59. The molecule has 3 N–H and O–H groups in total. The van der Waals surface area contributed by atoms with E-state index in [4.69, 9.17) is 4.74 Å². The predicted molar refractivity (Wildman–Crippen MR) is 119 cm³/mol. The molecule has 1 unspecified atom stereocenters. The Hall–Kier alpha value is -3.61. The fourth-order valence-electron chi connectivity index (χ4n) is 4.45. The van der Waals surface area contributed by atoms with E-state index < -0.39 is 29.6 Å². The van der Waals surface area contributed by atoms with Crippen LogP contribution in [0.25, 0.3) is 11.1 Å². The number of carboxylic acid groups (broad SMARTS) is 1. The van der Waals surface area contributed by atoms with Crippen molar-refractivity contribution in [3.63, 3.8) is 0 Å². The van der Waals surface area contributed by atoms with E-state index in [-0.39, 0.29) is 18.9 Å². The van der Waals surface area contributed by atoms with Gasteiger partial charge in [-0.25, -0.2) is 9.59 Å². The minimum atomic E-state index is -1.14. The molecule has 1 saturated carbocycles. The summed E-state index contributed by atoms with van der Waals surface area (Å²) >= 11 is 0. The number of ether oxygens (including phenoxy) is 1. The van der Waals surface area contributed by atoms with E-state index in [9.17, 15) is 19.5 Å². The van der Waals surface area contributed by atoms with Gasteiger partial charge in [-0.2, -0.15) is 0 Å². The lowest BCUT2D eigenvalue weighted by atomic mass is 9.76. The average molecular weight is 434 g/mol. The molecule has 7 nitrogen and oxygen atoms in total. The Balaban J connectivity index is 1.42. The van der Waals surface area contributed by atoms with Gasteiger partial charge in [0.2, 0.25) is 5.91 Å². The molecule has 1 fully saturated rings. The van der Waals surface area contributed by atoms with Crippen LogP contribution in [0, 0.1) is 0 Å². The Kier molecular flexibility index (Phi) is 5.99. The van der Waals surface area contributed by atoms with Crippen molar-refractivity contribution in [1.29, 1.82) is 0 Å². The maximum Gasteiger partial charge on any atom is 0.408 e. The number of hydrogen-bond acceptors (Lipinski definition) is 4. The van der Waals surface area contributed by atoms with Crippen molar-refractivity contribution >= 4 is 18.0 Å². The monoisotopic (exact) mass is 434 g/mol. The molecule has 32 heavy (non-hydrogen) atoms. The summed E-state index contributed by atoms with van der Waals surface area (Å²) in [6.45, 7) is 3.67. The van der Waals surface area contributed by atoms with Gasteiger partial charge in [0.05, 0.1) is 0 Å². The van der Waals surface area contributed by atoms with Crippen LogP contribution < -0.4 is 10.6 Å². The van der Waals surface area contributed by atoms with Gasteiger partial charge in [0.15, 0.2) is 0 Å². The molecule has 2 aliphatic rings. The summed E-state index contributed by atoms with van der Waals surface area (Å²) in [6.07, 6.45) is 2.48. The Morgan fingerprint density at radius 2 is 1.69 bits per heavy atom. The van der Waals surface area contributed by atoms with Crippen LogP contribution in [0.5, 0.6) is 0 Å². The van der Waals surface area contributed by atoms with Crippen molar-refractivity contribution in [1.82, 2.24) is 10.6 Å². The number of rotatable bonds is 8. The zero-order chi connectivity index (χ0) is 22.7. The van der Waals surface area contributed by atoms with Gasteiger partial charge < -0.3 is 20.5 Å². The molecule has 166 valence electrons. The molecule has 2 aromatic carbocycles. The maximum atomic E-state index is 12.8. The number of amides is 2. The second-order valence-corrected chi connectivity index (χ2v) is 8.27. The standard InChI is InChI=1S/C25H26N2O5/c1-2-8-21(22(28)29)26-23(30)25(13-7-14-25)27-24(31)32-15-20-18-11-5-3-9-16(18)17-10-4-6-12-19(17)20/h2-6,9-12,20-21H,1,7-8,13-15H2,(H,26,30)(H,27,31)(H,28,29). The summed E-state index contributed by atoms with van der Waals surface area (Å²) in [6, 6.07) is 15.0. The van der Waals surface area contributed by atoms with Crippen LogP contribution in [0.2, 0.25) is 0 Å². The highest BCUT2D eigenvalue weighted by Crippen LogP contribution is 2.44. The molecule has 4 rings (SSSR count). The second-order valence-electron chi connectivity index (χ2n) is 8.27. The Morgan fingerprint density at radius 1 is 1.09 bits per heavy atom. The van der Waals surface area contributed by atoms with Gasteiger partial charge in [-0.15, -0.1) is 6.58 Å². The first-order valence-corrected chi connectivity index (χ1v) is 10.7. The number of carboxylic acids is 1.